The second-order valence-corrected chi connectivity index (χ2v) is 12.4. The van der Waals surface area contributed by atoms with Gasteiger partial charge in [-0.25, -0.2) is 8.96 Å². The molecule has 2 aromatic heterocycles. The van der Waals surface area contributed by atoms with E-state index in [1.54, 1.807) is 44.2 Å². The van der Waals surface area contributed by atoms with Crippen molar-refractivity contribution >= 4 is 30.5 Å². The van der Waals surface area contributed by atoms with Gasteiger partial charge in [-0.1, -0.05) is 25.1 Å². The van der Waals surface area contributed by atoms with Crippen molar-refractivity contribution in [1.29, 1.82) is 0 Å². The van der Waals surface area contributed by atoms with Gasteiger partial charge in [0, 0.05) is 6.20 Å². The van der Waals surface area contributed by atoms with Crippen molar-refractivity contribution in [3.8, 4) is 5.75 Å². The highest BCUT2D eigenvalue weighted by Crippen LogP contribution is 2.53. The minimum Gasteiger partial charge on any atom is -0.463 e. The molecular weight excluding hydrogens is 560 g/mol. The summed E-state index contributed by atoms with van der Waals surface area (Å²) in [6.07, 6.45) is -4.80. The number of esters is 1. The molecule has 1 aliphatic rings. The molecule has 13 nitrogen and oxygen atoms in total. The number of aromatic nitrogens is 3. The van der Waals surface area contributed by atoms with Crippen LogP contribution in [0.25, 0.3) is 11.0 Å². The molecule has 6 N–H and O–H groups in total. The number of hydrogen-bond donors (Lipinski definition) is 4. The average molecular weight is 596 g/mol. The van der Waals surface area contributed by atoms with Crippen molar-refractivity contribution < 1.29 is 37.4 Å². The molecule has 1 fully saturated rings. The van der Waals surface area contributed by atoms with Gasteiger partial charge in [0.25, 0.3) is 5.56 Å². The molecule has 4 rings (SSSR count). The number of rotatable bonds is 11. The van der Waals surface area contributed by atoms with Gasteiger partial charge < -0.3 is 35.1 Å². The molecule has 1 saturated heterocycles. The molecule has 1 aliphatic heterocycles. The molecule has 0 amide bonds. The summed E-state index contributed by atoms with van der Waals surface area (Å²) in [6.45, 7) is 5.15. The molecule has 0 saturated carbocycles. The Morgan fingerprint density at radius 2 is 1.95 bits per heavy atom. The van der Waals surface area contributed by atoms with Crippen molar-refractivity contribution in [2.45, 2.75) is 63.9 Å². The summed E-state index contributed by atoms with van der Waals surface area (Å²) in [6, 6.07) is 9.66. The number of anilines is 1. The molecule has 15 heteroatoms. The number of alkyl halides is 1. The van der Waals surface area contributed by atoms with E-state index in [0.29, 0.717) is 0 Å². The van der Waals surface area contributed by atoms with Gasteiger partial charge in [-0.2, -0.15) is 4.98 Å². The number of fused-ring (bicyclic) bond motifs is 1. The lowest BCUT2D eigenvalue weighted by atomic mass is 9.91. The van der Waals surface area contributed by atoms with E-state index in [1.165, 1.54) is 30.7 Å². The average Bonchev–Trinajstić information content (AvgIpc) is 3.42. The van der Waals surface area contributed by atoms with E-state index in [9.17, 15) is 23.7 Å². The molecule has 224 valence electrons. The first-order chi connectivity index (χ1) is 19.3. The van der Waals surface area contributed by atoms with Gasteiger partial charge >= 0.3 is 13.6 Å². The van der Waals surface area contributed by atoms with Crippen LogP contribution >= 0.6 is 7.60 Å². The molecule has 1 unspecified atom stereocenters. The number of hydrogen-bond acceptors (Lipinski definition) is 11. The Morgan fingerprint density at radius 3 is 2.59 bits per heavy atom. The number of para-hydroxylation sites is 1. The van der Waals surface area contributed by atoms with Crippen LogP contribution in [0.2, 0.25) is 0 Å². The molecule has 7 atom stereocenters. The van der Waals surface area contributed by atoms with Crippen LogP contribution in [-0.4, -0.2) is 68.4 Å². The number of H-pyrrole nitrogens is 1. The molecular formula is C26H35FN5O8P. The highest BCUT2D eigenvalue weighted by atomic mass is 31.2. The SMILES string of the molecule is CC(C)OC(=O)[C@H](C)C[P@](=O)(Oc1ccccc1)O[C@@H](C)[C@H]1O[C@@H](n2ccc3c(=O)[nH]c(N)nc32)C(N)(CF)[C@H]1O. The molecule has 0 aliphatic carbocycles. The van der Waals surface area contributed by atoms with Crippen molar-refractivity contribution in [3.05, 3.63) is 52.9 Å². The fourth-order valence-corrected chi connectivity index (χ4v) is 6.80. The molecule has 0 bridgehead atoms. The van der Waals surface area contributed by atoms with E-state index in [2.05, 4.69) is 9.97 Å². The third-order valence-electron chi connectivity index (χ3n) is 6.72. The number of nitrogens with zero attached hydrogens (tertiary/aromatic N) is 2. The molecule has 3 heterocycles. The van der Waals surface area contributed by atoms with Gasteiger partial charge in [-0.05, 0) is 39.0 Å². The lowest BCUT2D eigenvalue weighted by Gasteiger charge is -2.31. The standard InChI is InChI=1S/C26H35FN5O8P/c1-14(2)37-23(35)15(3)12-41(36,40-17-8-6-5-7-9-17)39-16(4)19-20(33)26(29,13-27)24(38-19)32-11-10-18-21(32)30-25(28)31-22(18)34/h5-11,14-16,19-20,24,33H,12-13,29H2,1-4H3,(H3,28,30,31,34)/t15-,16+,19-,20+,24-,26?,41-/m1/s1. The lowest BCUT2D eigenvalue weighted by Crippen LogP contribution is -2.57. The summed E-state index contributed by atoms with van der Waals surface area (Å²) >= 11 is 0. The van der Waals surface area contributed by atoms with Crippen LogP contribution in [0.5, 0.6) is 5.75 Å². The second-order valence-electron chi connectivity index (χ2n) is 10.5. The Bertz CT molecular complexity index is 1480. The number of nitrogens with one attached hydrogen (secondary N) is 1. The molecule has 1 aromatic carbocycles. The number of aliphatic hydroxyl groups is 1. The summed E-state index contributed by atoms with van der Waals surface area (Å²) in [5.41, 5.74) is 9.59. The Kier molecular flexibility index (Phi) is 8.90. The number of aliphatic hydroxyl groups excluding tert-OH is 1. The van der Waals surface area contributed by atoms with Crippen molar-refractivity contribution in [2.24, 2.45) is 11.7 Å². The smallest absolute Gasteiger partial charge is 0.380 e. The third-order valence-corrected chi connectivity index (χ3v) is 8.86. The van der Waals surface area contributed by atoms with Crippen LogP contribution in [0.15, 0.2) is 47.4 Å². The maximum Gasteiger partial charge on any atom is 0.380 e. The highest BCUT2D eigenvalue weighted by Gasteiger charge is 2.57. The highest BCUT2D eigenvalue weighted by molar-refractivity contribution is 7.54. The molecule has 0 radical (unpaired) electrons. The zero-order valence-electron chi connectivity index (χ0n) is 23.1. The number of carbonyl (C=O) groups excluding carboxylic acids is 1. The number of nitrogens with two attached hydrogens (primary N) is 2. The summed E-state index contributed by atoms with van der Waals surface area (Å²) < 4.78 is 52.9. The van der Waals surface area contributed by atoms with Crippen LogP contribution < -0.4 is 21.6 Å². The van der Waals surface area contributed by atoms with Crippen LogP contribution in [0.3, 0.4) is 0 Å². The Hall–Kier alpha value is -3.29. The van der Waals surface area contributed by atoms with Crippen LogP contribution in [-0.2, 0) is 23.4 Å². The lowest BCUT2D eigenvalue weighted by molar-refractivity contribution is -0.151. The van der Waals surface area contributed by atoms with Crippen LogP contribution in [0, 0.1) is 5.92 Å². The van der Waals surface area contributed by atoms with Gasteiger partial charge in [0.2, 0.25) is 5.95 Å². The largest absolute Gasteiger partial charge is 0.463 e. The van der Waals surface area contributed by atoms with Gasteiger partial charge in [0.1, 0.15) is 30.2 Å². The van der Waals surface area contributed by atoms with E-state index >= 15 is 0 Å². The quantitative estimate of drug-likeness (QED) is 0.188. The van der Waals surface area contributed by atoms with Crippen molar-refractivity contribution in [2.75, 3.05) is 18.6 Å². The van der Waals surface area contributed by atoms with E-state index in [0.717, 1.165) is 0 Å². The number of carbonyl (C=O) groups is 1. The monoisotopic (exact) mass is 595 g/mol. The molecule has 41 heavy (non-hydrogen) atoms. The first-order valence-corrected chi connectivity index (χ1v) is 14.8. The Morgan fingerprint density at radius 1 is 1.27 bits per heavy atom. The van der Waals surface area contributed by atoms with E-state index < -0.39 is 61.8 Å². The maximum absolute atomic E-state index is 14.5. The Balaban J connectivity index is 1.63. The van der Waals surface area contributed by atoms with Crippen LogP contribution in [0.4, 0.5) is 10.3 Å². The fraction of sp³-hybridized carbons (Fsp3) is 0.500. The predicted molar refractivity (Wildman–Crippen MR) is 148 cm³/mol. The van der Waals surface area contributed by atoms with Crippen LogP contribution in [0.1, 0.15) is 33.9 Å². The van der Waals surface area contributed by atoms with Gasteiger partial charge in [0.15, 0.2) is 11.9 Å². The van der Waals surface area contributed by atoms with Gasteiger partial charge in [-0.3, -0.25) is 19.1 Å². The number of ether oxygens (including phenoxy) is 2. The zero-order chi connectivity index (χ0) is 30.1. The van der Waals surface area contributed by atoms with Gasteiger partial charge in [-0.15, -0.1) is 0 Å². The summed E-state index contributed by atoms with van der Waals surface area (Å²) in [4.78, 5) is 31.3. The third kappa shape index (κ3) is 6.31. The number of benzene rings is 1. The molecule has 3 aromatic rings. The molecule has 0 spiro atoms. The second kappa shape index (κ2) is 11.9. The van der Waals surface area contributed by atoms with E-state index in [-0.39, 0.29) is 35.0 Å². The van der Waals surface area contributed by atoms with E-state index in [1.807, 2.05) is 0 Å². The first kappa shape index (κ1) is 30.7. The van der Waals surface area contributed by atoms with Crippen molar-refractivity contribution in [3.63, 3.8) is 0 Å². The van der Waals surface area contributed by atoms with E-state index in [4.69, 9.17) is 30.0 Å². The minimum absolute atomic E-state index is 0.0662. The van der Waals surface area contributed by atoms with Crippen molar-refractivity contribution in [1.82, 2.24) is 14.5 Å². The summed E-state index contributed by atoms with van der Waals surface area (Å²) in [7, 11) is -4.12. The Labute approximate surface area is 235 Å². The number of halogens is 1. The number of nitrogen functional groups attached to an aromatic ring is 1. The summed E-state index contributed by atoms with van der Waals surface area (Å²) in [5, 5.41) is 11.3. The summed E-state index contributed by atoms with van der Waals surface area (Å²) in [5.74, 6) is -1.42. The fourth-order valence-electron chi connectivity index (χ4n) is 4.70. The zero-order valence-corrected chi connectivity index (χ0v) is 24.0. The minimum atomic E-state index is -4.12. The first-order valence-electron chi connectivity index (χ1n) is 13.0. The number of aromatic amines is 1. The normalized spacial score (nSPS) is 25.6. The predicted octanol–water partition coefficient (Wildman–Crippen LogP) is 2.50. The van der Waals surface area contributed by atoms with Gasteiger partial charge in [0.05, 0.1) is 29.7 Å². The maximum atomic E-state index is 14.5. The topological polar surface area (TPSA) is 194 Å².